The van der Waals surface area contributed by atoms with Gasteiger partial charge in [0.15, 0.2) is 0 Å². The van der Waals surface area contributed by atoms with E-state index in [2.05, 4.69) is 42.2 Å². The summed E-state index contributed by atoms with van der Waals surface area (Å²) >= 11 is 1.86. The van der Waals surface area contributed by atoms with Crippen molar-refractivity contribution >= 4 is 32.5 Å². The van der Waals surface area contributed by atoms with Gasteiger partial charge in [-0.25, -0.2) is 0 Å². The molecule has 0 aliphatic rings. The maximum Gasteiger partial charge on any atom is 0.0601 e. The van der Waals surface area contributed by atoms with Crippen LogP contribution in [-0.4, -0.2) is 4.98 Å². The molecule has 0 saturated carbocycles. The molecule has 0 aliphatic heterocycles. The number of fused-ring (bicyclic) bond motifs is 3. The summed E-state index contributed by atoms with van der Waals surface area (Å²) in [6, 6.07) is 10.7. The number of rotatable bonds is 0. The number of aryl methyl sites for hydroxylation is 1. The number of nitrogens with one attached hydrogen (secondary N) is 1. The summed E-state index contributed by atoms with van der Waals surface area (Å²) in [5.74, 6) is 0. The third-order valence-corrected chi connectivity index (χ3v) is 3.38. The van der Waals surface area contributed by atoms with E-state index in [-0.39, 0.29) is 0 Å². The van der Waals surface area contributed by atoms with E-state index in [4.69, 9.17) is 0 Å². The molecule has 1 aromatic carbocycles. The van der Waals surface area contributed by atoms with Crippen LogP contribution in [0, 0.1) is 6.92 Å². The van der Waals surface area contributed by atoms with Crippen LogP contribution in [0.2, 0.25) is 0 Å². The number of hydrogen-bond donors (Lipinski definition) is 1. The van der Waals surface area contributed by atoms with Crippen molar-refractivity contribution in [3.63, 3.8) is 0 Å². The normalized spacial score (nSPS) is 11.5. The highest BCUT2D eigenvalue weighted by Crippen LogP contribution is 2.31. The second-order valence-electron chi connectivity index (χ2n) is 3.27. The molecule has 0 spiro atoms. The standard InChI is InChI=1S/C11H9NS/c1-7-6-10-11(13-7)8-4-2-3-5-9(8)12-10/h2-6,12H,1H3. The average molecular weight is 187 g/mol. The quantitative estimate of drug-likeness (QED) is 0.552. The molecule has 1 nitrogen and oxygen atoms in total. The van der Waals surface area contributed by atoms with Gasteiger partial charge in [-0.2, -0.15) is 0 Å². The third-order valence-electron chi connectivity index (χ3n) is 2.30. The van der Waals surface area contributed by atoms with Crippen molar-refractivity contribution in [2.24, 2.45) is 0 Å². The Morgan fingerprint density at radius 2 is 2.00 bits per heavy atom. The highest BCUT2D eigenvalue weighted by Gasteiger charge is 2.05. The molecule has 0 aliphatic carbocycles. The first-order chi connectivity index (χ1) is 6.34. The Morgan fingerprint density at radius 3 is 2.92 bits per heavy atom. The molecule has 0 saturated heterocycles. The molecule has 2 heterocycles. The Balaban J connectivity index is 2.60. The maximum atomic E-state index is 3.41. The highest BCUT2D eigenvalue weighted by molar-refractivity contribution is 7.20. The fourth-order valence-corrected chi connectivity index (χ4v) is 2.75. The van der Waals surface area contributed by atoms with E-state index < -0.39 is 0 Å². The predicted molar refractivity (Wildman–Crippen MR) is 58.4 cm³/mol. The smallest absolute Gasteiger partial charge is 0.0601 e. The summed E-state index contributed by atoms with van der Waals surface area (Å²) in [5.41, 5.74) is 2.51. The van der Waals surface area contributed by atoms with Crippen LogP contribution < -0.4 is 0 Å². The van der Waals surface area contributed by atoms with Gasteiger partial charge in [0.05, 0.1) is 10.2 Å². The summed E-state index contributed by atoms with van der Waals surface area (Å²) in [7, 11) is 0. The van der Waals surface area contributed by atoms with E-state index >= 15 is 0 Å². The summed E-state index contributed by atoms with van der Waals surface area (Å²) in [4.78, 5) is 4.78. The van der Waals surface area contributed by atoms with Crippen LogP contribution >= 0.6 is 11.3 Å². The first kappa shape index (κ1) is 7.15. The lowest BCUT2D eigenvalue weighted by molar-refractivity contribution is 1.54. The zero-order valence-corrected chi connectivity index (χ0v) is 8.11. The second kappa shape index (κ2) is 2.36. The largest absolute Gasteiger partial charge is 0.354 e. The van der Waals surface area contributed by atoms with E-state index in [0.717, 1.165) is 0 Å². The van der Waals surface area contributed by atoms with Crippen LogP contribution in [0.15, 0.2) is 30.3 Å². The predicted octanol–water partition coefficient (Wildman–Crippen LogP) is 3.69. The number of benzene rings is 1. The Labute approximate surface area is 80.0 Å². The van der Waals surface area contributed by atoms with Crippen molar-refractivity contribution in [3.05, 3.63) is 35.2 Å². The minimum atomic E-state index is 1.24. The van der Waals surface area contributed by atoms with Crippen LogP contribution in [0.4, 0.5) is 0 Å². The number of para-hydroxylation sites is 1. The number of aromatic amines is 1. The van der Waals surface area contributed by atoms with Crippen molar-refractivity contribution in [2.75, 3.05) is 0 Å². The van der Waals surface area contributed by atoms with Gasteiger partial charge in [-0.05, 0) is 19.1 Å². The van der Waals surface area contributed by atoms with Crippen LogP contribution in [0.3, 0.4) is 0 Å². The first-order valence-corrected chi connectivity index (χ1v) is 5.13. The van der Waals surface area contributed by atoms with Crippen molar-refractivity contribution < 1.29 is 0 Å². The van der Waals surface area contributed by atoms with Crippen molar-refractivity contribution in [1.82, 2.24) is 4.98 Å². The summed E-state index contributed by atoms with van der Waals surface area (Å²) in [6.45, 7) is 2.15. The van der Waals surface area contributed by atoms with E-state index in [1.54, 1.807) is 0 Å². The SMILES string of the molecule is Cc1cc2[nH]c3ccccc3c2s1. The fraction of sp³-hybridized carbons (Fsp3) is 0.0909. The highest BCUT2D eigenvalue weighted by atomic mass is 32.1. The lowest BCUT2D eigenvalue weighted by Gasteiger charge is -1.86. The zero-order chi connectivity index (χ0) is 8.84. The number of thiophene rings is 1. The van der Waals surface area contributed by atoms with E-state index in [0.29, 0.717) is 0 Å². The van der Waals surface area contributed by atoms with Crippen molar-refractivity contribution in [3.8, 4) is 0 Å². The Morgan fingerprint density at radius 1 is 1.15 bits per heavy atom. The van der Waals surface area contributed by atoms with E-state index in [1.165, 1.54) is 26.0 Å². The molecule has 0 atom stereocenters. The molecule has 0 bridgehead atoms. The Kier molecular flexibility index (Phi) is 1.30. The molecule has 3 aromatic rings. The third kappa shape index (κ3) is 0.923. The summed E-state index contributed by atoms with van der Waals surface area (Å²) in [6.07, 6.45) is 0. The molecule has 0 radical (unpaired) electrons. The zero-order valence-electron chi connectivity index (χ0n) is 7.29. The van der Waals surface area contributed by atoms with E-state index in [1.807, 2.05) is 11.3 Å². The average Bonchev–Trinajstić information content (AvgIpc) is 2.60. The van der Waals surface area contributed by atoms with Gasteiger partial charge in [0.1, 0.15) is 0 Å². The van der Waals surface area contributed by atoms with Gasteiger partial charge in [-0.1, -0.05) is 18.2 Å². The molecule has 2 aromatic heterocycles. The van der Waals surface area contributed by atoms with Crippen LogP contribution in [-0.2, 0) is 0 Å². The molecule has 3 rings (SSSR count). The molecule has 0 unspecified atom stereocenters. The van der Waals surface area contributed by atoms with Crippen molar-refractivity contribution in [1.29, 1.82) is 0 Å². The summed E-state index contributed by atoms with van der Waals surface area (Å²) < 4.78 is 1.38. The molecule has 0 fully saturated rings. The topological polar surface area (TPSA) is 15.8 Å². The molecule has 2 heteroatoms. The second-order valence-corrected chi connectivity index (χ2v) is 4.53. The molecule has 13 heavy (non-hydrogen) atoms. The van der Waals surface area contributed by atoms with Crippen LogP contribution in [0.25, 0.3) is 21.1 Å². The molecule has 1 N–H and O–H groups in total. The Hall–Kier alpha value is -1.28. The van der Waals surface area contributed by atoms with Crippen LogP contribution in [0.1, 0.15) is 4.88 Å². The van der Waals surface area contributed by atoms with Gasteiger partial charge in [0.25, 0.3) is 0 Å². The van der Waals surface area contributed by atoms with Crippen molar-refractivity contribution in [2.45, 2.75) is 6.92 Å². The summed E-state index contributed by atoms with van der Waals surface area (Å²) in [5, 5.41) is 1.34. The Bertz CT molecular complexity index is 574. The van der Waals surface area contributed by atoms with Gasteiger partial charge in [0, 0.05) is 15.8 Å². The van der Waals surface area contributed by atoms with Gasteiger partial charge in [0.2, 0.25) is 0 Å². The molecule has 0 amide bonds. The molecule has 64 valence electrons. The number of aromatic nitrogens is 1. The maximum absolute atomic E-state index is 3.41. The molecular weight excluding hydrogens is 178 g/mol. The molecular formula is C11H9NS. The first-order valence-electron chi connectivity index (χ1n) is 4.31. The van der Waals surface area contributed by atoms with Crippen LogP contribution in [0.5, 0.6) is 0 Å². The lowest BCUT2D eigenvalue weighted by atomic mass is 10.2. The fourth-order valence-electron chi connectivity index (χ4n) is 1.74. The monoisotopic (exact) mass is 187 g/mol. The minimum Gasteiger partial charge on any atom is -0.354 e. The minimum absolute atomic E-state index is 1.24. The van der Waals surface area contributed by atoms with Gasteiger partial charge >= 0.3 is 0 Å². The van der Waals surface area contributed by atoms with Gasteiger partial charge in [-0.3, -0.25) is 0 Å². The van der Waals surface area contributed by atoms with Gasteiger partial charge < -0.3 is 4.98 Å². The number of hydrogen-bond acceptors (Lipinski definition) is 1. The van der Waals surface area contributed by atoms with Gasteiger partial charge in [-0.15, -0.1) is 11.3 Å². The number of H-pyrrole nitrogens is 1. The van der Waals surface area contributed by atoms with E-state index in [9.17, 15) is 0 Å². The lowest BCUT2D eigenvalue weighted by Crippen LogP contribution is -1.64.